The number of urea groups is 1. The molecule has 3 aromatic rings. The Morgan fingerprint density at radius 1 is 0.833 bits per heavy atom. The molecule has 3 aromatic carbocycles. The van der Waals surface area contributed by atoms with E-state index in [0.29, 0.717) is 22.8 Å². The fraction of sp³-hybridized carbons (Fsp3) is 0.312. The first-order valence-corrected chi connectivity index (χ1v) is 14.0. The van der Waals surface area contributed by atoms with Crippen LogP contribution in [0.5, 0.6) is 5.75 Å². The minimum atomic E-state index is -0.546. The van der Waals surface area contributed by atoms with Crippen LogP contribution in [0.15, 0.2) is 78.9 Å². The molecule has 0 atom stereocenters. The molecule has 1 aliphatic rings. The number of carbonyl (C=O) groups excluding carboxylic acids is 4. The maximum absolute atomic E-state index is 13.4. The zero-order chi connectivity index (χ0) is 29.9. The third-order valence-electron chi connectivity index (χ3n) is 6.99. The third kappa shape index (κ3) is 8.57. The minimum absolute atomic E-state index is 0.0866. The summed E-state index contributed by atoms with van der Waals surface area (Å²) in [5, 5.41) is 5.29. The average molecular weight is 572 g/mol. The molecule has 0 spiro atoms. The molecule has 4 rings (SSSR count). The molecule has 10 heteroatoms. The van der Waals surface area contributed by atoms with Gasteiger partial charge >= 0.3 is 6.03 Å². The highest BCUT2D eigenvalue weighted by molar-refractivity contribution is 6.05. The summed E-state index contributed by atoms with van der Waals surface area (Å²) in [6, 6.07) is 22.5. The lowest BCUT2D eigenvalue weighted by Gasteiger charge is -2.27. The van der Waals surface area contributed by atoms with Crippen LogP contribution in [0.25, 0.3) is 0 Å². The first kappa shape index (κ1) is 30.1. The molecule has 1 aliphatic heterocycles. The van der Waals surface area contributed by atoms with Crippen molar-refractivity contribution >= 4 is 40.8 Å². The summed E-state index contributed by atoms with van der Waals surface area (Å²) in [6.45, 7) is 2.63. The van der Waals surface area contributed by atoms with Gasteiger partial charge in [0, 0.05) is 43.3 Å². The van der Waals surface area contributed by atoms with Gasteiger partial charge < -0.3 is 30.1 Å². The maximum Gasteiger partial charge on any atom is 0.319 e. The standard InChI is InChI=1S/C32H37N5O5/c1-24-11-9-12-25(19-24)34-32(41)33-21-29(38)37(22-30(39)35(2)26-13-5-3-6-14-26)27-15-10-16-28(20-27)42-23-31(40)36-17-7-4-8-18-36/h3,5-6,9-16,19-20H,4,7-8,17-18,21-23H2,1-2H3,(H2,33,34,41). The number of benzene rings is 3. The van der Waals surface area contributed by atoms with E-state index < -0.39 is 11.9 Å². The van der Waals surface area contributed by atoms with E-state index in [0.717, 1.165) is 37.9 Å². The fourth-order valence-corrected chi connectivity index (χ4v) is 4.63. The molecule has 1 saturated heterocycles. The Hall–Kier alpha value is -4.86. The Morgan fingerprint density at radius 2 is 1.55 bits per heavy atom. The topological polar surface area (TPSA) is 111 Å². The van der Waals surface area contributed by atoms with E-state index in [1.54, 1.807) is 54.4 Å². The summed E-state index contributed by atoms with van der Waals surface area (Å²) in [5.74, 6) is -0.516. The van der Waals surface area contributed by atoms with E-state index in [9.17, 15) is 19.2 Å². The van der Waals surface area contributed by atoms with Crippen molar-refractivity contribution in [2.75, 3.05) is 55.0 Å². The number of aryl methyl sites for hydroxylation is 1. The predicted molar refractivity (Wildman–Crippen MR) is 163 cm³/mol. The number of para-hydroxylation sites is 1. The Bertz CT molecular complexity index is 1390. The third-order valence-corrected chi connectivity index (χ3v) is 6.99. The average Bonchev–Trinajstić information content (AvgIpc) is 3.01. The Balaban J connectivity index is 1.46. The zero-order valence-electron chi connectivity index (χ0n) is 24.0. The molecule has 0 unspecified atom stereocenters. The van der Waals surface area contributed by atoms with E-state index in [1.807, 2.05) is 43.3 Å². The summed E-state index contributed by atoms with van der Waals surface area (Å²) in [6.07, 6.45) is 3.10. The minimum Gasteiger partial charge on any atom is -0.484 e. The van der Waals surface area contributed by atoms with E-state index in [1.165, 1.54) is 9.80 Å². The second-order valence-electron chi connectivity index (χ2n) is 10.2. The SMILES string of the molecule is Cc1cccc(NC(=O)NCC(=O)N(CC(=O)N(C)c2ccccc2)c2cccc(OCC(=O)N3CCCCC3)c2)c1. The number of nitrogens with one attached hydrogen (secondary N) is 2. The van der Waals surface area contributed by atoms with Gasteiger partial charge in [-0.2, -0.15) is 0 Å². The number of hydrogen-bond donors (Lipinski definition) is 2. The highest BCUT2D eigenvalue weighted by Gasteiger charge is 2.23. The lowest BCUT2D eigenvalue weighted by Crippen LogP contribution is -2.46. The number of ether oxygens (including phenoxy) is 1. The monoisotopic (exact) mass is 571 g/mol. The van der Waals surface area contributed by atoms with Crippen molar-refractivity contribution in [2.24, 2.45) is 0 Å². The number of carbonyl (C=O) groups is 4. The molecule has 1 heterocycles. The lowest BCUT2D eigenvalue weighted by molar-refractivity contribution is -0.134. The van der Waals surface area contributed by atoms with Crippen molar-refractivity contribution in [1.29, 1.82) is 0 Å². The first-order valence-electron chi connectivity index (χ1n) is 14.0. The fourth-order valence-electron chi connectivity index (χ4n) is 4.63. The van der Waals surface area contributed by atoms with E-state index in [-0.39, 0.29) is 31.5 Å². The van der Waals surface area contributed by atoms with Crippen LogP contribution in [0.1, 0.15) is 24.8 Å². The second kappa shape index (κ2) is 14.7. The van der Waals surface area contributed by atoms with Crippen LogP contribution in [0.3, 0.4) is 0 Å². The summed E-state index contributed by atoms with van der Waals surface area (Å²) >= 11 is 0. The number of hydrogen-bond acceptors (Lipinski definition) is 5. The van der Waals surface area contributed by atoms with E-state index in [2.05, 4.69) is 10.6 Å². The normalized spacial score (nSPS) is 12.7. The smallest absolute Gasteiger partial charge is 0.319 e. The van der Waals surface area contributed by atoms with Gasteiger partial charge in [0.1, 0.15) is 12.3 Å². The van der Waals surface area contributed by atoms with E-state index >= 15 is 0 Å². The highest BCUT2D eigenvalue weighted by atomic mass is 16.5. The van der Waals surface area contributed by atoms with Crippen LogP contribution in [-0.4, -0.2) is 68.5 Å². The molecule has 0 radical (unpaired) electrons. The van der Waals surface area contributed by atoms with Gasteiger partial charge in [-0.25, -0.2) is 4.79 Å². The molecule has 2 N–H and O–H groups in total. The largest absolute Gasteiger partial charge is 0.484 e. The van der Waals surface area contributed by atoms with Crippen LogP contribution in [-0.2, 0) is 14.4 Å². The quantitative estimate of drug-likeness (QED) is 0.379. The molecule has 0 aliphatic carbocycles. The van der Waals surface area contributed by atoms with E-state index in [4.69, 9.17) is 4.74 Å². The van der Waals surface area contributed by atoms with Crippen LogP contribution >= 0.6 is 0 Å². The highest BCUT2D eigenvalue weighted by Crippen LogP contribution is 2.23. The number of rotatable bonds is 10. The van der Waals surface area contributed by atoms with Crippen molar-refractivity contribution in [3.05, 3.63) is 84.4 Å². The number of piperidine rings is 1. The van der Waals surface area contributed by atoms with Crippen molar-refractivity contribution < 1.29 is 23.9 Å². The lowest BCUT2D eigenvalue weighted by atomic mass is 10.1. The maximum atomic E-state index is 13.4. The van der Waals surface area contributed by atoms with Gasteiger partial charge in [-0.1, -0.05) is 36.4 Å². The van der Waals surface area contributed by atoms with Gasteiger partial charge in [0.25, 0.3) is 5.91 Å². The van der Waals surface area contributed by atoms with Gasteiger partial charge in [-0.05, 0) is 68.1 Å². The van der Waals surface area contributed by atoms with Gasteiger partial charge in [-0.15, -0.1) is 0 Å². The molecule has 5 amide bonds. The Morgan fingerprint density at radius 3 is 2.29 bits per heavy atom. The number of likely N-dealkylation sites (N-methyl/N-ethyl adjacent to an activating group) is 1. The number of likely N-dealkylation sites (tertiary alicyclic amines) is 1. The van der Waals surface area contributed by atoms with Gasteiger partial charge in [-0.3, -0.25) is 14.4 Å². The van der Waals surface area contributed by atoms with Crippen molar-refractivity contribution in [1.82, 2.24) is 10.2 Å². The van der Waals surface area contributed by atoms with Gasteiger partial charge in [0.15, 0.2) is 6.61 Å². The Labute approximate surface area is 246 Å². The molecule has 0 saturated carbocycles. The van der Waals surface area contributed by atoms with Crippen molar-refractivity contribution in [2.45, 2.75) is 26.2 Å². The molecule has 0 aromatic heterocycles. The molecule has 1 fully saturated rings. The zero-order valence-corrected chi connectivity index (χ0v) is 24.0. The summed E-state index contributed by atoms with van der Waals surface area (Å²) in [5.41, 5.74) is 2.66. The van der Waals surface area contributed by atoms with Crippen molar-refractivity contribution in [3.63, 3.8) is 0 Å². The predicted octanol–water partition coefficient (Wildman–Crippen LogP) is 4.20. The second-order valence-corrected chi connectivity index (χ2v) is 10.2. The summed E-state index contributed by atoms with van der Waals surface area (Å²) in [7, 11) is 1.64. The van der Waals surface area contributed by atoms with Crippen LogP contribution in [0.4, 0.5) is 21.9 Å². The summed E-state index contributed by atoms with van der Waals surface area (Å²) < 4.78 is 5.78. The molecule has 220 valence electrons. The van der Waals surface area contributed by atoms with Crippen LogP contribution < -0.4 is 25.2 Å². The summed E-state index contributed by atoms with van der Waals surface area (Å²) in [4.78, 5) is 56.4. The number of amides is 5. The molecule has 42 heavy (non-hydrogen) atoms. The van der Waals surface area contributed by atoms with Crippen LogP contribution in [0, 0.1) is 6.92 Å². The molecular weight excluding hydrogens is 534 g/mol. The molecule has 0 bridgehead atoms. The van der Waals surface area contributed by atoms with Gasteiger partial charge in [0.2, 0.25) is 11.8 Å². The van der Waals surface area contributed by atoms with Crippen molar-refractivity contribution in [3.8, 4) is 5.75 Å². The van der Waals surface area contributed by atoms with Gasteiger partial charge in [0.05, 0.1) is 6.54 Å². The van der Waals surface area contributed by atoms with Crippen LogP contribution in [0.2, 0.25) is 0 Å². The molecular formula is C32H37N5O5. The molecule has 10 nitrogen and oxygen atoms in total. The Kier molecular flexibility index (Phi) is 10.5. The number of anilines is 3. The first-order chi connectivity index (χ1) is 20.3. The number of nitrogens with zero attached hydrogens (tertiary/aromatic N) is 3.